The summed E-state index contributed by atoms with van der Waals surface area (Å²) in [5.41, 5.74) is 1.39. The molecule has 0 spiro atoms. The molecule has 0 fully saturated rings. The highest BCUT2D eigenvalue weighted by atomic mass is 16.5. The lowest BCUT2D eigenvalue weighted by Gasteiger charge is -2.22. The number of hydrogen-bond donors (Lipinski definition) is 1. The van der Waals surface area contributed by atoms with Crippen LogP contribution in [0, 0.1) is 12.8 Å². The minimum atomic E-state index is -1.03. The van der Waals surface area contributed by atoms with Crippen LogP contribution in [-0.4, -0.2) is 47.5 Å². The van der Waals surface area contributed by atoms with Crippen LogP contribution in [-0.2, 0) is 9.53 Å². The average Bonchev–Trinajstić information content (AvgIpc) is 2.68. The van der Waals surface area contributed by atoms with Crippen molar-refractivity contribution in [1.82, 2.24) is 4.90 Å². The molecule has 0 aliphatic carbocycles. The number of rotatable bonds is 4. The molecular weight excluding hydrogens is 274 g/mol. The van der Waals surface area contributed by atoms with Crippen molar-refractivity contribution in [3.8, 4) is 0 Å². The number of nitrogens with zero attached hydrogens (tertiary/aromatic N) is 1. The second-order valence-corrected chi connectivity index (χ2v) is 5.09. The van der Waals surface area contributed by atoms with Crippen molar-refractivity contribution in [3.63, 3.8) is 0 Å². The molecule has 1 aliphatic heterocycles. The minimum absolute atomic E-state index is 0.198. The first-order valence-corrected chi connectivity index (χ1v) is 6.60. The molecule has 6 nitrogen and oxygen atoms in total. The summed E-state index contributed by atoms with van der Waals surface area (Å²) in [6.07, 6.45) is -1.03. The SMILES string of the molecule is COC(=O)C(CN1C(=O)c2cccc(C)c2C1=O)C(C)O. The van der Waals surface area contributed by atoms with Crippen LogP contribution in [0.3, 0.4) is 0 Å². The predicted octanol–water partition coefficient (Wildman–Crippen LogP) is 0.761. The summed E-state index contributed by atoms with van der Waals surface area (Å²) >= 11 is 0. The van der Waals surface area contributed by atoms with E-state index < -0.39 is 29.8 Å². The molecule has 1 heterocycles. The number of aliphatic hydroxyl groups excluding tert-OH is 1. The van der Waals surface area contributed by atoms with Crippen LogP contribution in [0.15, 0.2) is 18.2 Å². The quantitative estimate of drug-likeness (QED) is 0.654. The third-order valence-corrected chi connectivity index (χ3v) is 3.67. The van der Waals surface area contributed by atoms with E-state index in [1.165, 1.54) is 14.0 Å². The van der Waals surface area contributed by atoms with Crippen LogP contribution in [0.1, 0.15) is 33.2 Å². The molecule has 21 heavy (non-hydrogen) atoms. The van der Waals surface area contributed by atoms with Crippen LogP contribution >= 0.6 is 0 Å². The van der Waals surface area contributed by atoms with Gasteiger partial charge in [0.15, 0.2) is 0 Å². The van der Waals surface area contributed by atoms with Crippen molar-refractivity contribution in [1.29, 1.82) is 0 Å². The fourth-order valence-electron chi connectivity index (χ4n) is 2.44. The lowest BCUT2D eigenvalue weighted by molar-refractivity contribution is -0.149. The third-order valence-electron chi connectivity index (χ3n) is 3.67. The molecular formula is C15H17NO5. The van der Waals surface area contributed by atoms with Gasteiger partial charge in [-0.25, -0.2) is 0 Å². The molecule has 2 amide bonds. The van der Waals surface area contributed by atoms with Crippen LogP contribution in [0.2, 0.25) is 0 Å². The van der Waals surface area contributed by atoms with Gasteiger partial charge in [-0.3, -0.25) is 19.3 Å². The zero-order chi connectivity index (χ0) is 15.7. The summed E-state index contributed by atoms with van der Waals surface area (Å²) in [6.45, 7) is 2.97. The van der Waals surface area contributed by atoms with Gasteiger partial charge >= 0.3 is 5.97 Å². The number of carbonyl (C=O) groups excluding carboxylic acids is 3. The number of aryl methyl sites for hydroxylation is 1. The number of ether oxygens (including phenoxy) is 1. The van der Waals surface area contributed by atoms with Crippen molar-refractivity contribution in [2.24, 2.45) is 5.92 Å². The van der Waals surface area contributed by atoms with E-state index in [-0.39, 0.29) is 6.54 Å². The number of fused-ring (bicyclic) bond motifs is 1. The summed E-state index contributed by atoms with van der Waals surface area (Å²) in [5, 5.41) is 9.67. The highest BCUT2D eigenvalue weighted by Gasteiger charge is 2.40. The molecule has 1 aliphatic rings. The zero-order valence-corrected chi connectivity index (χ0v) is 12.1. The summed E-state index contributed by atoms with van der Waals surface area (Å²) in [7, 11) is 1.20. The van der Waals surface area contributed by atoms with Gasteiger partial charge in [0.1, 0.15) is 5.92 Å². The fourth-order valence-corrected chi connectivity index (χ4v) is 2.44. The number of aliphatic hydroxyl groups is 1. The van der Waals surface area contributed by atoms with Crippen molar-refractivity contribution in [2.75, 3.05) is 13.7 Å². The van der Waals surface area contributed by atoms with E-state index in [1.807, 2.05) is 0 Å². The Labute approximate surface area is 122 Å². The number of carbonyl (C=O) groups is 3. The summed E-state index contributed by atoms with van der Waals surface area (Å²) in [6, 6.07) is 5.04. The van der Waals surface area contributed by atoms with Gasteiger partial charge in [-0.05, 0) is 25.5 Å². The Morgan fingerprint density at radius 1 is 1.33 bits per heavy atom. The maximum atomic E-state index is 12.4. The third kappa shape index (κ3) is 2.54. The second kappa shape index (κ2) is 5.65. The first-order chi connectivity index (χ1) is 9.88. The molecule has 2 atom stereocenters. The van der Waals surface area contributed by atoms with Crippen molar-refractivity contribution in [3.05, 3.63) is 34.9 Å². The number of imide groups is 1. The number of benzene rings is 1. The maximum absolute atomic E-state index is 12.4. The van der Waals surface area contributed by atoms with Gasteiger partial charge in [0.2, 0.25) is 0 Å². The Kier molecular flexibility index (Phi) is 4.09. The van der Waals surface area contributed by atoms with Crippen molar-refractivity contribution >= 4 is 17.8 Å². The van der Waals surface area contributed by atoms with Gasteiger partial charge in [0, 0.05) is 6.54 Å². The molecule has 0 aromatic heterocycles. The highest BCUT2D eigenvalue weighted by Crippen LogP contribution is 2.27. The van der Waals surface area contributed by atoms with E-state index in [2.05, 4.69) is 4.74 Å². The molecule has 1 N–H and O–H groups in total. The molecule has 2 rings (SSSR count). The number of methoxy groups -OCH3 is 1. The van der Waals surface area contributed by atoms with Gasteiger partial charge in [0.05, 0.1) is 24.3 Å². The standard InChI is InChI=1S/C15H17NO5/c1-8-5-4-6-10-12(8)14(19)16(13(10)18)7-11(9(2)17)15(20)21-3/h4-6,9,11,17H,7H2,1-3H3. The molecule has 112 valence electrons. The molecule has 0 saturated heterocycles. The normalized spacial score (nSPS) is 16.7. The van der Waals surface area contributed by atoms with Crippen LogP contribution in [0.5, 0.6) is 0 Å². The van der Waals surface area contributed by atoms with Crippen LogP contribution in [0.4, 0.5) is 0 Å². The first-order valence-electron chi connectivity index (χ1n) is 6.60. The van der Waals surface area contributed by atoms with Gasteiger partial charge < -0.3 is 9.84 Å². The van der Waals surface area contributed by atoms with E-state index in [4.69, 9.17) is 0 Å². The Hall–Kier alpha value is -2.21. The first kappa shape index (κ1) is 15.2. The predicted molar refractivity (Wildman–Crippen MR) is 73.7 cm³/mol. The lowest BCUT2D eigenvalue weighted by atomic mass is 10.0. The minimum Gasteiger partial charge on any atom is -0.469 e. The van der Waals surface area contributed by atoms with E-state index in [9.17, 15) is 19.5 Å². The second-order valence-electron chi connectivity index (χ2n) is 5.09. The van der Waals surface area contributed by atoms with E-state index in [1.54, 1.807) is 25.1 Å². The average molecular weight is 291 g/mol. The monoisotopic (exact) mass is 291 g/mol. The molecule has 6 heteroatoms. The van der Waals surface area contributed by atoms with Gasteiger partial charge in [-0.15, -0.1) is 0 Å². The number of hydrogen-bond acceptors (Lipinski definition) is 5. The van der Waals surface area contributed by atoms with E-state index in [0.717, 1.165) is 4.90 Å². The molecule has 0 radical (unpaired) electrons. The molecule has 0 bridgehead atoms. The Morgan fingerprint density at radius 3 is 2.52 bits per heavy atom. The van der Waals surface area contributed by atoms with Gasteiger partial charge in [-0.2, -0.15) is 0 Å². The molecule has 2 unspecified atom stereocenters. The largest absolute Gasteiger partial charge is 0.469 e. The van der Waals surface area contributed by atoms with Crippen LogP contribution < -0.4 is 0 Å². The topological polar surface area (TPSA) is 83.9 Å². The fraction of sp³-hybridized carbons (Fsp3) is 0.400. The Bertz CT molecular complexity index is 608. The molecule has 1 aromatic rings. The van der Waals surface area contributed by atoms with Crippen LogP contribution in [0.25, 0.3) is 0 Å². The summed E-state index contributed by atoms with van der Waals surface area (Å²) in [5.74, 6) is -2.51. The van der Waals surface area contributed by atoms with Crippen molar-refractivity contribution < 1.29 is 24.2 Å². The van der Waals surface area contributed by atoms with Gasteiger partial charge in [-0.1, -0.05) is 12.1 Å². The molecule has 0 saturated carbocycles. The maximum Gasteiger partial charge on any atom is 0.313 e. The van der Waals surface area contributed by atoms with E-state index in [0.29, 0.717) is 16.7 Å². The lowest BCUT2D eigenvalue weighted by Crippen LogP contribution is -2.41. The van der Waals surface area contributed by atoms with Gasteiger partial charge in [0.25, 0.3) is 11.8 Å². The van der Waals surface area contributed by atoms with E-state index >= 15 is 0 Å². The number of esters is 1. The summed E-state index contributed by atoms with van der Waals surface area (Å²) < 4.78 is 4.61. The zero-order valence-electron chi connectivity index (χ0n) is 12.1. The molecule has 1 aromatic carbocycles. The number of amides is 2. The highest BCUT2D eigenvalue weighted by molar-refractivity contribution is 6.22. The Morgan fingerprint density at radius 2 is 2.00 bits per heavy atom. The smallest absolute Gasteiger partial charge is 0.313 e. The van der Waals surface area contributed by atoms with Crippen molar-refractivity contribution in [2.45, 2.75) is 20.0 Å². The Balaban J connectivity index is 2.31. The summed E-state index contributed by atoms with van der Waals surface area (Å²) in [4.78, 5) is 37.3.